The number of rotatable bonds is 9. The van der Waals surface area contributed by atoms with Gasteiger partial charge in [0.1, 0.15) is 11.6 Å². The van der Waals surface area contributed by atoms with Crippen LogP contribution in [0.15, 0.2) is 243 Å². The summed E-state index contributed by atoms with van der Waals surface area (Å²) in [4.78, 5) is 4.61. The molecular formula is C61H41F2N3. The number of anilines is 6. The van der Waals surface area contributed by atoms with E-state index in [2.05, 4.69) is 190 Å². The lowest BCUT2D eigenvalue weighted by Gasteiger charge is -2.27. The standard InChI is InChI=1S/C61H41F2N3/c62-44-25-19-43(20-26-44)61-55-17-8-7-15-53(55)57-39-51(35-37-56(57)61)64(46-11-3-1-4-12-46)48-29-21-41(22-30-48)42-23-31-49(32-24-42)65(47-13-5-2-6-14-47)52-36-38-60-58(40-52)54-16-9-10-18-59(54)66(60)50-33-27-45(63)28-34-50/h1-40,61H. The van der Waals surface area contributed by atoms with E-state index in [0.717, 1.165) is 78.3 Å². The SMILES string of the molecule is Fc1ccc(C2c3ccccc3-c3cc(N(c4ccccc4)c4ccc(-c5ccc(N(c6ccccc6)c6ccc7c(c6)c6ccccc6n7-c6ccc(F)cc6)cc5)cc4)ccc32)cc1. The van der Waals surface area contributed by atoms with E-state index in [4.69, 9.17) is 0 Å². The van der Waals surface area contributed by atoms with Crippen LogP contribution in [-0.4, -0.2) is 4.57 Å². The maximum Gasteiger partial charge on any atom is 0.123 e. The Morgan fingerprint density at radius 3 is 1.44 bits per heavy atom. The molecule has 1 aromatic heterocycles. The molecule has 1 atom stereocenters. The predicted octanol–water partition coefficient (Wildman–Crippen LogP) is 16.8. The number of para-hydroxylation sites is 3. The highest BCUT2D eigenvalue weighted by Gasteiger charge is 2.31. The molecule has 5 heteroatoms. The van der Waals surface area contributed by atoms with Crippen LogP contribution < -0.4 is 9.80 Å². The van der Waals surface area contributed by atoms with Crippen LogP contribution in [-0.2, 0) is 0 Å². The minimum absolute atomic E-state index is 0.0346. The number of hydrogen-bond acceptors (Lipinski definition) is 2. The van der Waals surface area contributed by atoms with Crippen LogP contribution in [0.1, 0.15) is 22.6 Å². The Bertz CT molecular complexity index is 3530. The molecule has 0 saturated heterocycles. The van der Waals surface area contributed by atoms with Crippen molar-refractivity contribution >= 4 is 55.9 Å². The molecule has 1 aliphatic rings. The summed E-state index contributed by atoms with van der Waals surface area (Å²) < 4.78 is 30.2. The summed E-state index contributed by atoms with van der Waals surface area (Å²) in [7, 11) is 0. The largest absolute Gasteiger partial charge is 0.310 e. The Morgan fingerprint density at radius 2 is 0.803 bits per heavy atom. The van der Waals surface area contributed by atoms with E-state index in [1.807, 2.05) is 42.5 Å². The second-order valence-electron chi connectivity index (χ2n) is 16.8. The normalized spacial score (nSPS) is 12.8. The molecule has 1 heterocycles. The van der Waals surface area contributed by atoms with Gasteiger partial charge in [-0.15, -0.1) is 0 Å². The van der Waals surface area contributed by atoms with Crippen molar-refractivity contribution in [1.82, 2.24) is 4.57 Å². The second-order valence-corrected chi connectivity index (χ2v) is 16.8. The fraction of sp³-hybridized carbons (Fsp3) is 0.0164. The molecule has 1 unspecified atom stereocenters. The molecule has 0 spiro atoms. The van der Waals surface area contributed by atoms with E-state index < -0.39 is 0 Å². The first-order valence-corrected chi connectivity index (χ1v) is 22.2. The summed E-state index contributed by atoms with van der Waals surface area (Å²) >= 11 is 0. The molecule has 0 N–H and O–H groups in total. The maximum atomic E-state index is 14.0. The molecule has 1 aliphatic carbocycles. The molecule has 12 rings (SSSR count). The van der Waals surface area contributed by atoms with E-state index in [9.17, 15) is 8.78 Å². The Balaban J connectivity index is 0.886. The fourth-order valence-corrected chi connectivity index (χ4v) is 9.97. The van der Waals surface area contributed by atoms with Gasteiger partial charge in [-0.05, 0) is 160 Å². The average molecular weight is 854 g/mol. The summed E-state index contributed by atoms with van der Waals surface area (Å²) in [5.74, 6) is -0.448. The van der Waals surface area contributed by atoms with Crippen LogP contribution in [0, 0.1) is 11.6 Å². The van der Waals surface area contributed by atoms with Gasteiger partial charge in [0.15, 0.2) is 0 Å². The van der Waals surface area contributed by atoms with Gasteiger partial charge in [-0.2, -0.15) is 0 Å². The monoisotopic (exact) mass is 853 g/mol. The van der Waals surface area contributed by atoms with E-state index in [0.29, 0.717) is 0 Å². The van der Waals surface area contributed by atoms with Crippen molar-refractivity contribution in [2.24, 2.45) is 0 Å². The van der Waals surface area contributed by atoms with Gasteiger partial charge in [-0.3, -0.25) is 0 Å². The third-order valence-corrected chi connectivity index (χ3v) is 13.0. The molecule has 0 aliphatic heterocycles. The smallest absolute Gasteiger partial charge is 0.123 e. The average Bonchev–Trinajstić information content (AvgIpc) is 3.88. The van der Waals surface area contributed by atoms with Gasteiger partial charge >= 0.3 is 0 Å². The minimum atomic E-state index is -0.254. The highest BCUT2D eigenvalue weighted by atomic mass is 19.1. The number of halogens is 2. The minimum Gasteiger partial charge on any atom is -0.310 e. The molecular weight excluding hydrogens is 813 g/mol. The predicted molar refractivity (Wildman–Crippen MR) is 268 cm³/mol. The number of aromatic nitrogens is 1. The fourth-order valence-electron chi connectivity index (χ4n) is 9.97. The topological polar surface area (TPSA) is 11.4 Å². The Morgan fingerprint density at radius 1 is 0.333 bits per heavy atom. The summed E-state index contributed by atoms with van der Waals surface area (Å²) in [5.41, 5.74) is 17.5. The highest BCUT2D eigenvalue weighted by molar-refractivity contribution is 6.10. The number of benzene rings is 10. The summed E-state index contributed by atoms with van der Waals surface area (Å²) in [6, 6.07) is 82.5. The van der Waals surface area contributed by atoms with Crippen LogP contribution in [0.2, 0.25) is 0 Å². The van der Waals surface area contributed by atoms with Gasteiger partial charge in [0.2, 0.25) is 0 Å². The Hall–Kier alpha value is -8.54. The van der Waals surface area contributed by atoms with Crippen molar-refractivity contribution in [2.75, 3.05) is 9.80 Å². The molecule has 314 valence electrons. The van der Waals surface area contributed by atoms with Crippen LogP contribution in [0.3, 0.4) is 0 Å². The van der Waals surface area contributed by atoms with Crippen molar-refractivity contribution in [3.05, 3.63) is 271 Å². The van der Waals surface area contributed by atoms with E-state index >= 15 is 0 Å². The molecule has 0 amide bonds. The van der Waals surface area contributed by atoms with E-state index in [1.54, 1.807) is 12.1 Å². The van der Waals surface area contributed by atoms with E-state index in [1.165, 1.54) is 34.4 Å². The summed E-state index contributed by atoms with van der Waals surface area (Å²) in [5, 5.41) is 2.25. The third kappa shape index (κ3) is 6.81. The van der Waals surface area contributed by atoms with Crippen LogP contribution in [0.25, 0.3) is 49.7 Å². The van der Waals surface area contributed by atoms with Crippen molar-refractivity contribution in [3.8, 4) is 27.9 Å². The van der Waals surface area contributed by atoms with Crippen molar-refractivity contribution in [1.29, 1.82) is 0 Å². The van der Waals surface area contributed by atoms with Gasteiger partial charge in [-0.1, -0.05) is 121 Å². The molecule has 0 fully saturated rings. The zero-order valence-corrected chi connectivity index (χ0v) is 35.8. The van der Waals surface area contributed by atoms with Gasteiger partial charge in [-0.25, -0.2) is 8.78 Å². The number of nitrogens with zero attached hydrogens (tertiary/aromatic N) is 3. The van der Waals surface area contributed by atoms with Crippen molar-refractivity contribution in [3.63, 3.8) is 0 Å². The molecule has 0 bridgehead atoms. The van der Waals surface area contributed by atoms with Gasteiger partial charge in [0.25, 0.3) is 0 Å². The quantitative estimate of drug-likeness (QED) is 0.143. The molecule has 11 aromatic rings. The van der Waals surface area contributed by atoms with Crippen LogP contribution >= 0.6 is 0 Å². The Labute approximate surface area is 382 Å². The maximum absolute atomic E-state index is 14.0. The summed E-state index contributed by atoms with van der Waals surface area (Å²) in [6.45, 7) is 0. The summed E-state index contributed by atoms with van der Waals surface area (Å²) in [6.07, 6.45) is 0. The van der Waals surface area contributed by atoms with Crippen LogP contribution in [0.4, 0.5) is 42.9 Å². The van der Waals surface area contributed by atoms with E-state index in [-0.39, 0.29) is 17.6 Å². The molecule has 66 heavy (non-hydrogen) atoms. The van der Waals surface area contributed by atoms with Gasteiger partial charge < -0.3 is 14.4 Å². The first-order valence-electron chi connectivity index (χ1n) is 22.2. The van der Waals surface area contributed by atoms with Crippen molar-refractivity contribution < 1.29 is 8.78 Å². The molecule has 0 saturated carbocycles. The highest BCUT2D eigenvalue weighted by Crippen LogP contribution is 2.50. The zero-order chi connectivity index (χ0) is 44.1. The first kappa shape index (κ1) is 39.1. The third-order valence-electron chi connectivity index (χ3n) is 13.0. The van der Waals surface area contributed by atoms with Crippen LogP contribution in [0.5, 0.6) is 0 Å². The molecule has 3 nitrogen and oxygen atoms in total. The van der Waals surface area contributed by atoms with Crippen molar-refractivity contribution in [2.45, 2.75) is 5.92 Å². The molecule has 0 radical (unpaired) electrons. The number of hydrogen-bond donors (Lipinski definition) is 0. The lowest BCUT2D eigenvalue weighted by molar-refractivity contribution is 0.626. The first-order chi connectivity index (χ1) is 32.6. The second kappa shape index (κ2) is 16.2. The number of fused-ring (bicyclic) bond motifs is 6. The van der Waals surface area contributed by atoms with Gasteiger partial charge in [0.05, 0.1) is 11.0 Å². The lowest BCUT2D eigenvalue weighted by Crippen LogP contribution is -2.10. The molecule has 10 aromatic carbocycles. The zero-order valence-electron chi connectivity index (χ0n) is 35.8. The lowest BCUT2D eigenvalue weighted by atomic mass is 9.89. The van der Waals surface area contributed by atoms with Gasteiger partial charge in [0, 0.05) is 56.5 Å². The Kier molecular flexibility index (Phi) is 9.61.